The predicted octanol–water partition coefficient (Wildman–Crippen LogP) is 0.156. The molecule has 0 radical (unpaired) electrons. The van der Waals surface area contributed by atoms with Gasteiger partial charge in [0.05, 0.1) is 12.5 Å². The number of nitrogens with zero attached hydrogens (tertiary/aromatic N) is 4. The van der Waals surface area contributed by atoms with Crippen molar-refractivity contribution < 1.29 is 4.74 Å². The lowest BCUT2D eigenvalue weighted by Crippen LogP contribution is -2.17. The number of rotatable bonds is 3. The monoisotopic (exact) mass is 231 g/mol. The summed E-state index contributed by atoms with van der Waals surface area (Å²) in [6, 6.07) is 7.97. The minimum atomic E-state index is 0.104. The second-order valence-corrected chi connectivity index (χ2v) is 3.95. The van der Waals surface area contributed by atoms with E-state index in [2.05, 4.69) is 21.6 Å². The van der Waals surface area contributed by atoms with Gasteiger partial charge in [0.2, 0.25) is 0 Å². The van der Waals surface area contributed by atoms with E-state index in [4.69, 9.17) is 10.5 Å². The van der Waals surface area contributed by atoms with Crippen molar-refractivity contribution in [2.75, 3.05) is 13.2 Å². The van der Waals surface area contributed by atoms with E-state index in [9.17, 15) is 0 Å². The molecule has 0 amide bonds. The zero-order valence-corrected chi connectivity index (χ0v) is 9.28. The molecular formula is C11H13N5O. The van der Waals surface area contributed by atoms with Gasteiger partial charge in [-0.25, -0.2) is 4.68 Å². The number of para-hydroxylation sites is 1. The molecule has 17 heavy (non-hydrogen) atoms. The van der Waals surface area contributed by atoms with E-state index in [-0.39, 0.29) is 5.92 Å². The van der Waals surface area contributed by atoms with Crippen LogP contribution in [0.2, 0.25) is 0 Å². The largest absolute Gasteiger partial charge is 0.492 e. The summed E-state index contributed by atoms with van der Waals surface area (Å²) in [7, 11) is 0. The fourth-order valence-corrected chi connectivity index (χ4v) is 2.12. The first-order valence-electron chi connectivity index (χ1n) is 5.58. The van der Waals surface area contributed by atoms with Crippen molar-refractivity contribution in [2.45, 2.75) is 12.5 Å². The van der Waals surface area contributed by atoms with E-state index >= 15 is 0 Å². The quantitative estimate of drug-likeness (QED) is 0.813. The molecule has 1 aromatic heterocycles. The number of aromatic nitrogens is 4. The van der Waals surface area contributed by atoms with Crippen molar-refractivity contribution in [2.24, 2.45) is 5.73 Å². The van der Waals surface area contributed by atoms with Gasteiger partial charge < -0.3 is 10.5 Å². The number of hydrogen-bond acceptors (Lipinski definition) is 5. The maximum absolute atomic E-state index is 5.63. The Morgan fingerprint density at radius 1 is 1.41 bits per heavy atom. The first-order chi connectivity index (χ1) is 8.40. The number of benzene rings is 1. The van der Waals surface area contributed by atoms with E-state index in [0.29, 0.717) is 19.7 Å². The van der Waals surface area contributed by atoms with E-state index < -0.39 is 0 Å². The molecular weight excluding hydrogens is 218 g/mol. The molecule has 6 heteroatoms. The zero-order chi connectivity index (χ0) is 11.7. The minimum Gasteiger partial charge on any atom is -0.492 e. The van der Waals surface area contributed by atoms with Gasteiger partial charge in [0.15, 0.2) is 5.82 Å². The SMILES string of the molecule is NCCn1nnnc1C1COc2ccccc21. The second-order valence-electron chi connectivity index (χ2n) is 3.95. The highest BCUT2D eigenvalue weighted by Crippen LogP contribution is 2.36. The van der Waals surface area contributed by atoms with Gasteiger partial charge in [0.25, 0.3) is 0 Å². The molecule has 2 aromatic rings. The molecule has 6 nitrogen and oxygen atoms in total. The van der Waals surface area contributed by atoms with Gasteiger partial charge in [-0.05, 0) is 16.5 Å². The van der Waals surface area contributed by atoms with Crippen LogP contribution in [0.3, 0.4) is 0 Å². The first-order valence-corrected chi connectivity index (χ1v) is 5.58. The van der Waals surface area contributed by atoms with E-state index in [0.717, 1.165) is 17.1 Å². The molecule has 1 aromatic carbocycles. The van der Waals surface area contributed by atoms with Crippen LogP contribution in [0.5, 0.6) is 5.75 Å². The summed E-state index contributed by atoms with van der Waals surface area (Å²) in [6.45, 7) is 1.73. The third kappa shape index (κ3) is 1.66. The van der Waals surface area contributed by atoms with Crippen molar-refractivity contribution in [1.29, 1.82) is 0 Å². The van der Waals surface area contributed by atoms with Gasteiger partial charge >= 0.3 is 0 Å². The minimum absolute atomic E-state index is 0.104. The number of hydrogen-bond donors (Lipinski definition) is 1. The lowest BCUT2D eigenvalue weighted by molar-refractivity contribution is 0.336. The fraction of sp³-hybridized carbons (Fsp3) is 0.364. The van der Waals surface area contributed by atoms with Crippen LogP contribution in [-0.4, -0.2) is 33.4 Å². The Hall–Kier alpha value is -1.95. The van der Waals surface area contributed by atoms with Crippen LogP contribution in [0.25, 0.3) is 0 Å². The van der Waals surface area contributed by atoms with Gasteiger partial charge in [-0.15, -0.1) is 5.10 Å². The average Bonchev–Trinajstić information content (AvgIpc) is 2.95. The molecule has 2 heterocycles. The lowest BCUT2D eigenvalue weighted by atomic mass is 10.0. The lowest BCUT2D eigenvalue weighted by Gasteiger charge is -2.08. The predicted molar refractivity (Wildman–Crippen MR) is 60.7 cm³/mol. The summed E-state index contributed by atoms with van der Waals surface area (Å²) < 4.78 is 7.37. The van der Waals surface area contributed by atoms with Crippen molar-refractivity contribution in [3.63, 3.8) is 0 Å². The summed E-state index contributed by atoms with van der Waals surface area (Å²) in [5, 5.41) is 11.7. The molecule has 2 N–H and O–H groups in total. The Bertz CT molecular complexity index is 524. The fourth-order valence-electron chi connectivity index (χ4n) is 2.12. The standard InChI is InChI=1S/C11H13N5O/c12-5-6-16-11(13-14-15-16)9-7-17-10-4-2-1-3-8(9)10/h1-4,9H,5-7,12H2. The Labute approximate surface area is 98.4 Å². The number of nitrogens with two attached hydrogens (primary N) is 1. The van der Waals surface area contributed by atoms with E-state index in [1.807, 2.05) is 18.2 Å². The highest BCUT2D eigenvalue weighted by atomic mass is 16.5. The van der Waals surface area contributed by atoms with Gasteiger partial charge in [-0.3, -0.25) is 0 Å². The van der Waals surface area contributed by atoms with Crippen molar-refractivity contribution >= 4 is 0 Å². The number of tetrazole rings is 1. The van der Waals surface area contributed by atoms with Crippen LogP contribution >= 0.6 is 0 Å². The molecule has 1 aliphatic heterocycles. The van der Waals surface area contributed by atoms with Gasteiger partial charge in [-0.1, -0.05) is 18.2 Å². The van der Waals surface area contributed by atoms with Gasteiger partial charge in [-0.2, -0.15) is 0 Å². The molecule has 0 aliphatic carbocycles. The van der Waals surface area contributed by atoms with Gasteiger partial charge in [0.1, 0.15) is 12.4 Å². The summed E-state index contributed by atoms with van der Waals surface area (Å²) in [4.78, 5) is 0. The third-order valence-electron chi connectivity index (χ3n) is 2.91. The molecule has 0 fully saturated rings. The molecule has 0 saturated carbocycles. The van der Waals surface area contributed by atoms with E-state index in [1.54, 1.807) is 4.68 Å². The summed E-state index contributed by atoms with van der Waals surface area (Å²) >= 11 is 0. The molecule has 1 unspecified atom stereocenters. The molecule has 1 atom stereocenters. The maximum atomic E-state index is 5.63. The topological polar surface area (TPSA) is 78.9 Å². The molecule has 0 spiro atoms. The number of ether oxygens (including phenoxy) is 1. The summed E-state index contributed by atoms with van der Waals surface area (Å²) in [5.74, 6) is 1.84. The average molecular weight is 231 g/mol. The van der Waals surface area contributed by atoms with Crippen LogP contribution < -0.4 is 10.5 Å². The molecule has 3 rings (SSSR count). The number of fused-ring (bicyclic) bond motifs is 1. The maximum Gasteiger partial charge on any atom is 0.162 e. The molecule has 1 aliphatic rings. The molecule has 88 valence electrons. The summed E-state index contributed by atoms with van der Waals surface area (Å²) in [6.07, 6.45) is 0. The Morgan fingerprint density at radius 2 is 2.29 bits per heavy atom. The second kappa shape index (κ2) is 4.14. The van der Waals surface area contributed by atoms with E-state index in [1.165, 1.54) is 0 Å². The molecule has 0 saturated heterocycles. The van der Waals surface area contributed by atoms with Crippen LogP contribution in [0.4, 0.5) is 0 Å². The van der Waals surface area contributed by atoms with Crippen LogP contribution in [-0.2, 0) is 6.54 Å². The van der Waals surface area contributed by atoms with Crippen LogP contribution in [0.15, 0.2) is 24.3 Å². The van der Waals surface area contributed by atoms with Crippen LogP contribution in [0, 0.1) is 0 Å². The highest BCUT2D eigenvalue weighted by molar-refractivity contribution is 5.42. The smallest absolute Gasteiger partial charge is 0.162 e. The Morgan fingerprint density at radius 3 is 3.18 bits per heavy atom. The van der Waals surface area contributed by atoms with Crippen molar-refractivity contribution in [3.8, 4) is 5.75 Å². The highest BCUT2D eigenvalue weighted by Gasteiger charge is 2.29. The van der Waals surface area contributed by atoms with Crippen molar-refractivity contribution in [1.82, 2.24) is 20.2 Å². The van der Waals surface area contributed by atoms with Crippen molar-refractivity contribution in [3.05, 3.63) is 35.7 Å². The molecule has 0 bridgehead atoms. The Kier molecular flexibility index (Phi) is 2.49. The third-order valence-corrected chi connectivity index (χ3v) is 2.91. The zero-order valence-electron chi connectivity index (χ0n) is 9.28. The summed E-state index contributed by atoms with van der Waals surface area (Å²) in [5.41, 5.74) is 6.67. The Balaban J connectivity index is 1.98. The van der Waals surface area contributed by atoms with Crippen LogP contribution in [0.1, 0.15) is 17.3 Å². The normalized spacial score (nSPS) is 17.8. The first kappa shape index (κ1) is 10.2. The van der Waals surface area contributed by atoms with Gasteiger partial charge in [0, 0.05) is 12.1 Å².